The Morgan fingerprint density at radius 2 is 2.21 bits per heavy atom. The van der Waals surface area contributed by atoms with Gasteiger partial charge in [-0.2, -0.15) is 12.6 Å². The lowest BCUT2D eigenvalue weighted by Gasteiger charge is -2.01. The first-order chi connectivity index (χ1) is 6.65. The first-order valence-electron chi connectivity index (χ1n) is 4.50. The van der Waals surface area contributed by atoms with Crippen molar-refractivity contribution in [2.45, 2.75) is 19.8 Å². The van der Waals surface area contributed by atoms with Gasteiger partial charge in [0.25, 0.3) is 5.69 Å². The van der Waals surface area contributed by atoms with Crippen LogP contribution in [0.25, 0.3) is 0 Å². The van der Waals surface area contributed by atoms with Crippen molar-refractivity contribution in [3.63, 3.8) is 0 Å². The molecule has 0 aromatic heterocycles. The van der Waals surface area contributed by atoms with Crippen molar-refractivity contribution in [3.8, 4) is 0 Å². The minimum atomic E-state index is -0.349. The molecule has 0 unspecified atom stereocenters. The number of benzene rings is 1. The van der Waals surface area contributed by atoms with E-state index in [-0.39, 0.29) is 10.6 Å². The van der Waals surface area contributed by atoms with Crippen LogP contribution in [0.15, 0.2) is 18.2 Å². The van der Waals surface area contributed by atoms with Crippen molar-refractivity contribution >= 4 is 18.3 Å². The predicted molar refractivity (Wildman–Crippen MR) is 60.0 cm³/mol. The molecule has 0 aliphatic carbocycles. The Hall–Kier alpha value is -1.03. The highest BCUT2D eigenvalue weighted by molar-refractivity contribution is 7.80. The van der Waals surface area contributed by atoms with E-state index in [4.69, 9.17) is 0 Å². The number of nitrogens with zero attached hydrogens (tertiary/aromatic N) is 1. The zero-order chi connectivity index (χ0) is 10.6. The summed E-state index contributed by atoms with van der Waals surface area (Å²) in [7, 11) is 0. The summed E-state index contributed by atoms with van der Waals surface area (Å²) in [6, 6.07) is 5.26. The third-order valence-electron chi connectivity index (χ3n) is 2.08. The molecule has 0 fully saturated rings. The second-order valence-electron chi connectivity index (χ2n) is 3.21. The molecule has 3 nitrogen and oxygen atoms in total. The van der Waals surface area contributed by atoms with Crippen LogP contribution in [0.3, 0.4) is 0 Å². The van der Waals surface area contributed by atoms with E-state index in [1.165, 1.54) is 0 Å². The van der Waals surface area contributed by atoms with Crippen LogP contribution in [0.5, 0.6) is 0 Å². The van der Waals surface area contributed by atoms with Crippen LogP contribution >= 0.6 is 12.6 Å². The van der Waals surface area contributed by atoms with Gasteiger partial charge in [-0.05, 0) is 37.1 Å². The van der Waals surface area contributed by atoms with Crippen LogP contribution in [0.2, 0.25) is 0 Å². The van der Waals surface area contributed by atoms with Crippen molar-refractivity contribution < 1.29 is 4.92 Å². The highest BCUT2D eigenvalue weighted by Gasteiger charge is 2.09. The van der Waals surface area contributed by atoms with Crippen molar-refractivity contribution in [1.82, 2.24) is 0 Å². The highest BCUT2D eigenvalue weighted by atomic mass is 32.1. The molecule has 0 radical (unpaired) electrons. The molecule has 0 aliphatic rings. The minimum Gasteiger partial charge on any atom is -0.258 e. The second kappa shape index (κ2) is 5.00. The molecule has 1 aromatic rings. The SMILES string of the molecule is Cc1cc(CCCS)ccc1[N+](=O)[O-]. The van der Waals surface area contributed by atoms with Crippen LogP contribution in [-0.4, -0.2) is 10.7 Å². The molecule has 0 heterocycles. The number of hydrogen-bond acceptors (Lipinski definition) is 3. The smallest absolute Gasteiger partial charge is 0.258 e. The summed E-state index contributed by atoms with van der Waals surface area (Å²) in [5, 5.41) is 10.5. The maximum Gasteiger partial charge on any atom is 0.272 e. The summed E-state index contributed by atoms with van der Waals surface area (Å²) in [6.45, 7) is 1.77. The number of nitro benzene ring substituents is 1. The van der Waals surface area contributed by atoms with Crippen LogP contribution in [0.1, 0.15) is 17.5 Å². The minimum absolute atomic E-state index is 0.194. The first-order valence-corrected chi connectivity index (χ1v) is 5.13. The van der Waals surface area contributed by atoms with Crippen LogP contribution in [-0.2, 0) is 6.42 Å². The fourth-order valence-corrected chi connectivity index (χ4v) is 1.52. The van der Waals surface area contributed by atoms with Crippen LogP contribution in [0, 0.1) is 17.0 Å². The highest BCUT2D eigenvalue weighted by Crippen LogP contribution is 2.19. The van der Waals surface area contributed by atoms with Gasteiger partial charge in [0.05, 0.1) is 4.92 Å². The van der Waals surface area contributed by atoms with Gasteiger partial charge in [-0.3, -0.25) is 10.1 Å². The number of aryl methyl sites for hydroxylation is 2. The van der Waals surface area contributed by atoms with Crippen LogP contribution in [0.4, 0.5) is 5.69 Å². The number of thiol groups is 1. The molecule has 1 rings (SSSR count). The molecule has 0 amide bonds. The van der Waals surface area contributed by atoms with E-state index in [9.17, 15) is 10.1 Å². The molecule has 1 aromatic carbocycles. The molecule has 14 heavy (non-hydrogen) atoms. The largest absolute Gasteiger partial charge is 0.272 e. The van der Waals surface area contributed by atoms with Gasteiger partial charge >= 0.3 is 0 Å². The van der Waals surface area contributed by atoms with E-state index in [1.807, 2.05) is 12.1 Å². The zero-order valence-electron chi connectivity index (χ0n) is 8.06. The Labute approximate surface area is 88.7 Å². The van der Waals surface area contributed by atoms with E-state index in [2.05, 4.69) is 12.6 Å². The van der Waals surface area contributed by atoms with E-state index in [0.717, 1.165) is 29.7 Å². The van der Waals surface area contributed by atoms with Crippen molar-refractivity contribution in [2.75, 3.05) is 5.75 Å². The van der Waals surface area contributed by atoms with Gasteiger partial charge in [0, 0.05) is 11.6 Å². The lowest BCUT2D eigenvalue weighted by Crippen LogP contribution is -1.94. The van der Waals surface area contributed by atoms with E-state index in [1.54, 1.807) is 13.0 Å². The molecule has 0 atom stereocenters. The summed E-state index contributed by atoms with van der Waals surface area (Å²) < 4.78 is 0. The summed E-state index contributed by atoms with van der Waals surface area (Å²) in [5.41, 5.74) is 2.06. The predicted octanol–water partition coefficient (Wildman–Crippen LogP) is 2.77. The third kappa shape index (κ3) is 2.73. The van der Waals surface area contributed by atoms with Gasteiger partial charge in [0.1, 0.15) is 0 Å². The van der Waals surface area contributed by atoms with E-state index >= 15 is 0 Å². The van der Waals surface area contributed by atoms with Gasteiger partial charge in [-0.1, -0.05) is 6.07 Å². The second-order valence-corrected chi connectivity index (χ2v) is 3.65. The van der Waals surface area contributed by atoms with E-state index in [0.29, 0.717) is 0 Å². The Morgan fingerprint density at radius 3 is 2.71 bits per heavy atom. The maximum atomic E-state index is 10.5. The Balaban J connectivity index is 2.83. The van der Waals surface area contributed by atoms with Gasteiger partial charge < -0.3 is 0 Å². The normalized spacial score (nSPS) is 10.1. The van der Waals surface area contributed by atoms with E-state index < -0.39 is 0 Å². The third-order valence-corrected chi connectivity index (χ3v) is 2.40. The summed E-state index contributed by atoms with van der Waals surface area (Å²) in [4.78, 5) is 10.2. The monoisotopic (exact) mass is 211 g/mol. The summed E-state index contributed by atoms with van der Waals surface area (Å²) >= 11 is 4.12. The average Bonchev–Trinajstić information content (AvgIpc) is 2.14. The first kappa shape index (κ1) is 11.0. The molecule has 4 heteroatoms. The quantitative estimate of drug-likeness (QED) is 0.473. The topological polar surface area (TPSA) is 43.1 Å². The van der Waals surface area contributed by atoms with Gasteiger partial charge in [-0.25, -0.2) is 0 Å². The lowest BCUT2D eigenvalue weighted by atomic mass is 10.1. The summed E-state index contributed by atoms with van der Waals surface area (Å²) in [5.74, 6) is 0.843. The fraction of sp³-hybridized carbons (Fsp3) is 0.400. The fourth-order valence-electron chi connectivity index (χ4n) is 1.36. The number of hydrogen-bond donors (Lipinski definition) is 1. The maximum absolute atomic E-state index is 10.5. The number of nitro groups is 1. The summed E-state index contributed by atoms with van der Waals surface area (Å²) in [6.07, 6.45) is 1.93. The molecule has 0 aliphatic heterocycles. The molecular formula is C10H13NO2S. The van der Waals surface area contributed by atoms with Gasteiger partial charge in [0.2, 0.25) is 0 Å². The molecule has 0 bridgehead atoms. The standard InChI is InChI=1S/C10H13NO2S/c1-8-7-9(3-2-6-14)4-5-10(8)11(12)13/h4-5,7,14H,2-3,6H2,1H3. The molecule has 0 N–H and O–H groups in total. The molecular weight excluding hydrogens is 198 g/mol. The Kier molecular flexibility index (Phi) is 3.95. The lowest BCUT2D eigenvalue weighted by molar-refractivity contribution is -0.385. The number of rotatable bonds is 4. The molecule has 0 saturated carbocycles. The zero-order valence-corrected chi connectivity index (χ0v) is 8.96. The van der Waals surface area contributed by atoms with Gasteiger partial charge in [-0.15, -0.1) is 0 Å². The van der Waals surface area contributed by atoms with Gasteiger partial charge in [0.15, 0.2) is 0 Å². The molecule has 76 valence electrons. The average molecular weight is 211 g/mol. The van der Waals surface area contributed by atoms with Crippen molar-refractivity contribution in [3.05, 3.63) is 39.4 Å². The molecule has 0 spiro atoms. The Bertz CT molecular complexity index is 339. The van der Waals surface area contributed by atoms with Crippen LogP contribution < -0.4 is 0 Å². The molecule has 0 saturated heterocycles. The van der Waals surface area contributed by atoms with Crippen molar-refractivity contribution in [2.24, 2.45) is 0 Å². The van der Waals surface area contributed by atoms with Crippen molar-refractivity contribution in [1.29, 1.82) is 0 Å². The Morgan fingerprint density at radius 1 is 1.50 bits per heavy atom.